The van der Waals surface area contributed by atoms with Crippen molar-refractivity contribution in [1.29, 1.82) is 0 Å². The Balaban J connectivity index is 1.46. The Morgan fingerprint density at radius 1 is 1.14 bits per heavy atom. The van der Waals surface area contributed by atoms with Crippen LogP contribution in [0.4, 0.5) is 0 Å². The van der Waals surface area contributed by atoms with Gasteiger partial charge >= 0.3 is 0 Å². The number of aliphatic imine (C=N–C) groups is 1. The van der Waals surface area contributed by atoms with Crippen molar-refractivity contribution in [2.24, 2.45) is 4.99 Å². The van der Waals surface area contributed by atoms with E-state index >= 15 is 0 Å². The summed E-state index contributed by atoms with van der Waals surface area (Å²) >= 11 is 0. The van der Waals surface area contributed by atoms with Gasteiger partial charge in [0.15, 0.2) is 5.96 Å². The van der Waals surface area contributed by atoms with E-state index < -0.39 is 0 Å². The van der Waals surface area contributed by atoms with E-state index in [9.17, 15) is 0 Å². The smallest absolute Gasteiger partial charge is 0.191 e. The highest BCUT2D eigenvalue weighted by atomic mass is 16.5. The second-order valence-electron chi connectivity index (χ2n) is 6.51. The van der Waals surface area contributed by atoms with E-state index in [0.717, 1.165) is 28.5 Å². The van der Waals surface area contributed by atoms with Gasteiger partial charge in [0.1, 0.15) is 24.5 Å². The van der Waals surface area contributed by atoms with Crippen LogP contribution in [-0.2, 0) is 6.54 Å². The third-order valence-electron chi connectivity index (χ3n) is 4.28. The molecule has 1 atom stereocenters. The molecule has 3 rings (SSSR count). The van der Waals surface area contributed by atoms with E-state index in [2.05, 4.69) is 37.8 Å². The van der Waals surface area contributed by atoms with Crippen LogP contribution in [-0.4, -0.2) is 40.4 Å². The summed E-state index contributed by atoms with van der Waals surface area (Å²) in [5, 5.41) is 10.8. The average Bonchev–Trinajstić information content (AvgIpc) is 3.25. The number of para-hydroxylation sites is 1. The fraction of sp³-hybridized carbons (Fsp3) is 0.286. The second-order valence-corrected chi connectivity index (χ2v) is 6.51. The molecule has 7 heteroatoms. The number of ether oxygens (including phenoxy) is 1. The molecule has 0 aliphatic carbocycles. The highest BCUT2D eigenvalue weighted by Crippen LogP contribution is 2.17. The zero-order valence-electron chi connectivity index (χ0n) is 16.5. The highest BCUT2D eigenvalue weighted by molar-refractivity contribution is 5.79. The minimum atomic E-state index is 0.0154. The van der Waals surface area contributed by atoms with Crippen LogP contribution < -0.4 is 15.4 Å². The van der Waals surface area contributed by atoms with Crippen LogP contribution >= 0.6 is 0 Å². The number of benzene rings is 2. The summed E-state index contributed by atoms with van der Waals surface area (Å²) in [6.45, 7) is 5.41. The summed E-state index contributed by atoms with van der Waals surface area (Å²) in [5.74, 6) is 1.65. The highest BCUT2D eigenvalue weighted by Gasteiger charge is 2.07. The van der Waals surface area contributed by atoms with Crippen LogP contribution in [0, 0.1) is 6.92 Å². The van der Waals surface area contributed by atoms with Gasteiger partial charge in [-0.2, -0.15) is 5.10 Å². The van der Waals surface area contributed by atoms with E-state index in [-0.39, 0.29) is 6.10 Å². The van der Waals surface area contributed by atoms with E-state index in [4.69, 9.17) is 4.74 Å². The number of aromatic nitrogens is 3. The molecular formula is C21H26N6O. The summed E-state index contributed by atoms with van der Waals surface area (Å²) in [4.78, 5) is 8.24. The second kappa shape index (κ2) is 9.55. The SMILES string of the molecule is CN=C(NCc1ccc(-n2cncn2)cc1)NCC(C)Oc1ccccc1C. The molecule has 7 nitrogen and oxygen atoms in total. The van der Waals surface area contributed by atoms with Gasteiger partial charge in [-0.15, -0.1) is 0 Å². The topological polar surface area (TPSA) is 76.4 Å². The molecule has 146 valence electrons. The normalized spacial score (nSPS) is 12.5. The van der Waals surface area contributed by atoms with Gasteiger partial charge in [0.05, 0.1) is 12.2 Å². The number of nitrogens with zero attached hydrogens (tertiary/aromatic N) is 4. The predicted octanol–water partition coefficient (Wildman–Crippen LogP) is 2.71. The van der Waals surface area contributed by atoms with Crippen molar-refractivity contribution in [2.45, 2.75) is 26.5 Å². The maximum atomic E-state index is 5.99. The van der Waals surface area contributed by atoms with Crippen LogP contribution in [0.3, 0.4) is 0 Å². The Morgan fingerprint density at radius 2 is 1.93 bits per heavy atom. The molecule has 0 amide bonds. The van der Waals surface area contributed by atoms with Gasteiger partial charge in [-0.3, -0.25) is 4.99 Å². The Labute approximate surface area is 165 Å². The molecule has 2 aromatic carbocycles. The summed E-state index contributed by atoms with van der Waals surface area (Å²) in [5.41, 5.74) is 3.26. The number of rotatable bonds is 7. The van der Waals surface area contributed by atoms with Crippen LogP contribution in [0.15, 0.2) is 66.2 Å². The number of aryl methyl sites for hydroxylation is 1. The van der Waals surface area contributed by atoms with E-state index in [0.29, 0.717) is 13.1 Å². The average molecular weight is 378 g/mol. The maximum Gasteiger partial charge on any atom is 0.191 e. The molecule has 1 aromatic heterocycles. The molecule has 0 saturated heterocycles. The largest absolute Gasteiger partial charge is 0.489 e. The first-order chi connectivity index (χ1) is 13.7. The van der Waals surface area contributed by atoms with E-state index in [1.807, 2.05) is 50.2 Å². The summed E-state index contributed by atoms with van der Waals surface area (Å²) in [6.07, 6.45) is 3.22. The Hall–Kier alpha value is -3.35. The van der Waals surface area contributed by atoms with Crippen LogP contribution in [0.2, 0.25) is 0 Å². The van der Waals surface area contributed by atoms with Gasteiger partial charge in [0, 0.05) is 13.6 Å². The Kier molecular flexibility index (Phi) is 6.62. The molecule has 0 aliphatic heterocycles. The van der Waals surface area contributed by atoms with Crippen molar-refractivity contribution in [3.63, 3.8) is 0 Å². The molecule has 0 radical (unpaired) electrons. The Morgan fingerprint density at radius 3 is 2.61 bits per heavy atom. The first-order valence-corrected chi connectivity index (χ1v) is 9.26. The van der Waals surface area contributed by atoms with Gasteiger partial charge in [-0.1, -0.05) is 30.3 Å². The molecular weight excluding hydrogens is 352 g/mol. The van der Waals surface area contributed by atoms with Gasteiger partial charge in [0.25, 0.3) is 0 Å². The lowest BCUT2D eigenvalue weighted by molar-refractivity contribution is 0.222. The van der Waals surface area contributed by atoms with Crippen LogP contribution in [0.1, 0.15) is 18.1 Å². The number of nitrogens with one attached hydrogen (secondary N) is 2. The molecule has 0 bridgehead atoms. The van der Waals surface area contributed by atoms with Crippen molar-refractivity contribution >= 4 is 5.96 Å². The van der Waals surface area contributed by atoms with Crippen molar-refractivity contribution in [1.82, 2.24) is 25.4 Å². The third-order valence-corrected chi connectivity index (χ3v) is 4.28. The molecule has 1 heterocycles. The number of guanidine groups is 1. The van der Waals surface area contributed by atoms with Crippen molar-refractivity contribution < 1.29 is 4.74 Å². The summed E-state index contributed by atoms with van der Waals surface area (Å²) < 4.78 is 7.72. The molecule has 0 saturated carbocycles. The molecule has 1 unspecified atom stereocenters. The Bertz CT molecular complexity index is 890. The van der Waals surface area contributed by atoms with Crippen LogP contribution in [0.5, 0.6) is 5.75 Å². The maximum absolute atomic E-state index is 5.99. The molecule has 3 aromatic rings. The summed E-state index contributed by atoms with van der Waals surface area (Å²) in [7, 11) is 1.76. The number of hydrogen-bond acceptors (Lipinski definition) is 4. The lowest BCUT2D eigenvalue weighted by Gasteiger charge is -2.19. The monoisotopic (exact) mass is 378 g/mol. The third kappa shape index (κ3) is 5.33. The number of hydrogen-bond donors (Lipinski definition) is 2. The van der Waals surface area contributed by atoms with E-state index in [1.165, 1.54) is 6.33 Å². The first kappa shape index (κ1) is 19.4. The van der Waals surface area contributed by atoms with Crippen LogP contribution in [0.25, 0.3) is 5.69 Å². The lowest BCUT2D eigenvalue weighted by Crippen LogP contribution is -2.41. The van der Waals surface area contributed by atoms with Gasteiger partial charge in [-0.05, 0) is 43.2 Å². The zero-order valence-corrected chi connectivity index (χ0v) is 16.5. The first-order valence-electron chi connectivity index (χ1n) is 9.26. The van der Waals surface area contributed by atoms with E-state index in [1.54, 1.807) is 18.1 Å². The molecule has 28 heavy (non-hydrogen) atoms. The lowest BCUT2D eigenvalue weighted by atomic mass is 10.2. The fourth-order valence-corrected chi connectivity index (χ4v) is 2.70. The quantitative estimate of drug-likeness (QED) is 0.488. The van der Waals surface area contributed by atoms with Crippen molar-refractivity contribution in [3.05, 3.63) is 72.3 Å². The molecule has 0 aliphatic rings. The van der Waals surface area contributed by atoms with Gasteiger partial charge in [-0.25, -0.2) is 9.67 Å². The summed E-state index contributed by atoms with van der Waals surface area (Å²) in [6, 6.07) is 16.2. The van der Waals surface area contributed by atoms with Crippen molar-refractivity contribution in [3.8, 4) is 11.4 Å². The minimum absolute atomic E-state index is 0.0154. The molecule has 0 spiro atoms. The molecule has 2 N–H and O–H groups in total. The standard InChI is InChI=1S/C21H26N6O/c1-16-6-4-5-7-20(16)28-17(2)12-24-21(22-3)25-13-18-8-10-19(11-9-18)27-15-23-14-26-27/h4-11,14-15,17H,12-13H2,1-3H3,(H2,22,24,25). The van der Waals surface area contributed by atoms with Gasteiger partial charge in [0.2, 0.25) is 0 Å². The fourth-order valence-electron chi connectivity index (χ4n) is 2.70. The van der Waals surface area contributed by atoms with Gasteiger partial charge < -0.3 is 15.4 Å². The predicted molar refractivity (Wildman–Crippen MR) is 111 cm³/mol. The zero-order chi connectivity index (χ0) is 19.8. The van der Waals surface area contributed by atoms with Crippen molar-refractivity contribution in [2.75, 3.05) is 13.6 Å². The molecule has 0 fully saturated rings. The minimum Gasteiger partial charge on any atom is -0.489 e.